The molecule has 0 aromatic heterocycles. The molecule has 0 bridgehead atoms. The minimum absolute atomic E-state index is 0.116. The average molecular weight is 452 g/mol. The third-order valence-corrected chi connectivity index (χ3v) is 5.48. The van der Waals surface area contributed by atoms with Gasteiger partial charge in [0.05, 0.1) is 16.7 Å². The van der Waals surface area contributed by atoms with Crippen LogP contribution in [0.4, 0.5) is 23.2 Å². The molecule has 1 amide bonds. The Kier molecular flexibility index (Phi) is 6.12. The zero-order valence-electron chi connectivity index (χ0n) is 13.9. The van der Waals surface area contributed by atoms with E-state index in [1.54, 1.807) is 6.07 Å². The summed E-state index contributed by atoms with van der Waals surface area (Å²) in [6.07, 6.45) is -4.80. The van der Waals surface area contributed by atoms with Gasteiger partial charge in [-0.05, 0) is 35.9 Å². The molecule has 2 aromatic rings. The number of carbonyl (C=O) groups excluding carboxylic acids is 1. The third-order valence-electron chi connectivity index (χ3n) is 3.71. The number of halogens is 6. The van der Waals surface area contributed by atoms with E-state index in [0.717, 1.165) is 23.9 Å². The molecule has 0 saturated carbocycles. The van der Waals surface area contributed by atoms with Gasteiger partial charge in [-0.1, -0.05) is 29.3 Å². The van der Waals surface area contributed by atoms with E-state index >= 15 is 0 Å². The molecular formula is C18H11Cl2F4NO2S. The van der Waals surface area contributed by atoms with Crippen molar-refractivity contribution in [2.24, 2.45) is 0 Å². The number of hydrogen-bond acceptors (Lipinski definition) is 3. The highest BCUT2D eigenvalue weighted by atomic mass is 35.5. The van der Waals surface area contributed by atoms with Crippen LogP contribution in [0.1, 0.15) is 0 Å². The van der Waals surface area contributed by atoms with Crippen LogP contribution in [0.2, 0.25) is 10.0 Å². The Balaban J connectivity index is 1.99. The zero-order valence-corrected chi connectivity index (χ0v) is 16.2. The molecular weight excluding hydrogens is 441 g/mol. The average Bonchev–Trinajstić information content (AvgIpc) is 2.64. The number of rotatable bonds is 3. The molecule has 1 aliphatic rings. The summed E-state index contributed by atoms with van der Waals surface area (Å²) in [7, 11) is 0. The molecule has 3 rings (SSSR count). The second kappa shape index (κ2) is 8.23. The minimum Gasteiger partial charge on any atom is -0.487 e. The van der Waals surface area contributed by atoms with Crippen molar-refractivity contribution in [2.75, 3.05) is 17.7 Å². The first-order valence-electron chi connectivity index (χ1n) is 7.80. The maximum Gasteiger partial charge on any atom is 0.450 e. The maximum absolute atomic E-state index is 13.8. The number of anilines is 1. The second-order valence-electron chi connectivity index (χ2n) is 5.63. The summed E-state index contributed by atoms with van der Waals surface area (Å²) in [6, 6.07) is 7.99. The van der Waals surface area contributed by atoms with Crippen LogP contribution in [0.5, 0.6) is 0 Å². The van der Waals surface area contributed by atoms with Crippen molar-refractivity contribution >= 4 is 46.6 Å². The molecule has 0 aliphatic carbocycles. The standard InChI is InChI=1S/C18H11Cl2F4NO2S/c19-12-3-1-9(7-13(12)20)11-8-10(21)2-4-14(11)25-17(26)15-16(18(22,23)24)27-5-6-28-15/h1-4,7-8H,5-6H2,(H,25,26). The van der Waals surface area contributed by atoms with E-state index in [4.69, 9.17) is 23.2 Å². The molecule has 10 heteroatoms. The van der Waals surface area contributed by atoms with Crippen molar-refractivity contribution in [1.29, 1.82) is 0 Å². The van der Waals surface area contributed by atoms with Crippen molar-refractivity contribution in [1.82, 2.24) is 0 Å². The van der Waals surface area contributed by atoms with Crippen LogP contribution in [-0.4, -0.2) is 24.4 Å². The first-order valence-corrected chi connectivity index (χ1v) is 9.54. The van der Waals surface area contributed by atoms with E-state index in [-0.39, 0.29) is 33.7 Å². The zero-order chi connectivity index (χ0) is 20.5. The maximum atomic E-state index is 13.8. The molecule has 3 nitrogen and oxygen atoms in total. The van der Waals surface area contributed by atoms with Gasteiger partial charge in [0, 0.05) is 17.0 Å². The van der Waals surface area contributed by atoms with Crippen LogP contribution in [0.3, 0.4) is 0 Å². The highest BCUT2D eigenvalue weighted by molar-refractivity contribution is 8.04. The summed E-state index contributed by atoms with van der Waals surface area (Å²) in [5, 5.41) is 2.89. The quantitative estimate of drug-likeness (QED) is 0.558. The van der Waals surface area contributed by atoms with Crippen molar-refractivity contribution < 1.29 is 27.1 Å². The van der Waals surface area contributed by atoms with Crippen LogP contribution in [0.25, 0.3) is 11.1 Å². The first kappa shape index (κ1) is 20.8. The van der Waals surface area contributed by atoms with Gasteiger partial charge in [-0.25, -0.2) is 4.39 Å². The van der Waals surface area contributed by atoms with E-state index in [1.165, 1.54) is 18.2 Å². The summed E-state index contributed by atoms with van der Waals surface area (Å²) in [5.74, 6) is -2.72. The number of thioether (sulfide) groups is 1. The van der Waals surface area contributed by atoms with E-state index in [1.807, 2.05) is 0 Å². The Morgan fingerprint density at radius 3 is 2.54 bits per heavy atom. The predicted octanol–water partition coefficient (Wildman–Crippen LogP) is 6.28. The van der Waals surface area contributed by atoms with E-state index < -0.39 is 28.6 Å². The lowest BCUT2D eigenvalue weighted by Gasteiger charge is -2.22. The lowest BCUT2D eigenvalue weighted by Crippen LogP contribution is -2.26. The normalized spacial score (nSPS) is 14.6. The molecule has 28 heavy (non-hydrogen) atoms. The molecule has 0 fully saturated rings. The van der Waals surface area contributed by atoms with Crippen molar-refractivity contribution in [2.45, 2.75) is 6.18 Å². The van der Waals surface area contributed by atoms with Crippen molar-refractivity contribution in [3.63, 3.8) is 0 Å². The van der Waals surface area contributed by atoms with Crippen LogP contribution in [0, 0.1) is 5.82 Å². The smallest absolute Gasteiger partial charge is 0.450 e. The van der Waals surface area contributed by atoms with Gasteiger partial charge in [-0.3, -0.25) is 4.79 Å². The van der Waals surface area contributed by atoms with Crippen LogP contribution in [0.15, 0.2) is 47.1 Å². The number of hydrogen-bond donors (Lipinski definition) is 1. The lowest BCUT2D eigenvalue weighted by atomic mass is 10.0. The minimum atomic E-state index is -4.80. The van der Waals surface area contributed by atoms with Gasteiger partial charge < -0.3 is 10.1 Å². The number of nitrogens with one attached hydrogen (secondary N) is 1. The molecule has 2 aromatic carbocycles. The van der Waals surface area contributed by atoms with E-state index in [0.29, 0.717) is 5.56 Å². The fourth-order valence-corrected chi connectivity index (χ4v) is 3.66. The Hall–Kier alpha value is -1.90. The van der Waals surface area contributed by atoms with Gasteiger partial charge in [-0.15, -0.1) is 11.8 Å². The number of benzene rings is 2. The van der Waals surface area contributed by atoms with Gasteiger partial charge in [0.15, 0.2) is 0 Å². The fraction of sp³-hybridized carbons (Fsp3) is 0.167. The lowest BCUT2D eigenvalue weighted by molar-refractivity contribution is -0.133. The number of amides is 1. The van der Waals surface area contributed by atoms with Gasteiger partial charge in [0.2, 0.25) is 5.76 Å². The number of alkyl halides is 3. The van der Waals surface area contributed by atoms with Gasteiger partial charge in [0.1, 0.15) is 10.7 Å². The summed E-state index contributed by atoms with van der Waals surface area (Å²) in [6.45, 7) is -0.151. The number of carbonyl (C=O) groups is 1. The molecule has 0 unspecified atom stereocenters. The van der Waals surface area contributed by atoms with Gasteiger partial charge in [0.25, 0.3) is 5.91 Å². The summed E-state index contributed by atoms with van der Waals surface area (Å²) < 4.78 is 57.8. The van der Waals surface area contributed by atoms with Crippen LogP contribution in [-0.2, 0) is 9.53 Å². The first-order chi connectivity index (χ1) is 13.2. The molecule has 0 saturated heterocycles. The van der Waals surface area contributed by atoms with Crippen LogP contribution >= 0.6 is 35.0 Å². The van der Waals surface area contributed by atoms with Crippen LogP contribution < -0.4 is 5.32 Å². The molecule has 1 heterocycles. The Labute approximate surface area is 171 Å². The summed E-state index contributed by atoms with van der Waals surface area (Å²) in [4.78, 5) is 11.9. The Morgan fingerprint density at radius 1 is 1.11 bits per heavy atom. The second-order valence-corrected chi connectivity index (χ2v) is 7.55. The molecule has 0 atom stereocenters. The largest absolute Gasteiger partial charge is 0.487 e. The molecule has 0 radical (unpaired) electrons. The van der Waals surface area contributed by atoms with E-state index in [9.17, 15) is 22.4 Å². The highest BCUT2D eigenvalue weighted by Gasteiger charge is 2.42. The molecule has 148 valence electrons. The third kappa shape index (κ3) is 4.56. The number of allylic oxidation sites excluding steroid dienone is 1. The van der Waals surface area contributed by atoms with Crippen molar-refractivity contribution in [3.8, 4) is 11.1 Å². The summed E-state index contributed by atoms with van der Waals surface area (Å²) in [5.41, 5.74) is 0.787. The van der Waals surface area contributed by atoms with Crippen molar-refractivity contribution in [3.05, 3.63) is 62.9 Å². The Morgan fingerprint density at radius 2 is 1.86 bits per heavy atom. The highest BCUT2D eigenvalue weighted by Crippen LogP contribution is 2.38. The summed E-state index contributed by atoms with van der Waals surface area (Å²) >= 11 is 12.6. The molecule has 1 N–H and O–H groups in total. The SMILES string of the molecule is O=C(Nc1ccc(F)cc1-c1ccc(Cl)c(Cl)c1)C1=C(C(F)(F)F)OCCS1. The fourth-order valence-electron chi connectivity index (χ4n) is 2.50. The monoisotopic (exact) mass is 451 g/mol. The Bertz CT molecular complexity index is 963. The molecule has 0 spiro atoms. The predicted molar refractivity (Wildman–Crippen MR) is 102 cm³/mol. The van der Waals surface area contributed by atoms with Gasteiger partial charge in [-0.2, -0.15) is 13.2 Å². The van der Waals surface area contributed by atoms with Gasteiger partial charge >= 0.3 is 6.18 Å². The topological polar surface area (TPSA) is 38.3 Å². The molecule has 1 aliphatic heterocycles. The number of ether oxygens (including phenoxy) is 1. The van der Waals surface area contributed by atoms with E-state index in [2.05, 4.69) is 10.1 Å².